The Hall–Kier alpha value is -0.860. The van der Waals surface area contributed by atoms with Crippen molar-refractivity contribution in [3.8, 4) is 0 Å². The van der Waals surface area contributed by atoms with E-state index in [9.17, 15) is 35.9 Å². The first-order chi connectivity index (χ1) is 6.89. The largest absolute Gasteiger partial charge is 0.455 e. The summed E-state index contributed by atoms with van der Waals surface area (Å²) >= 11 is 0. The molecule has 0 radical (unpaired) electrons. The van der Waals surface area contributed by atoms with Crippen molar-refractivity contribution in [3.05, 3.63) is 0 Å². The van der Waals surface area contributed by atoms with E-state index in [0.29, 0.717) is 0 Å². The molecule has 0 N–H and O–H groups in total. The second kappa shape index (κ2) is 4.56. The van der Waals surface area contributed by atoms with Gasteiger partial charge in [-0.15, -0.1) is 0 Å². The maximum atomic E-state index is 11.9. The van der Waals surface area contributed by atoms with Gasteiger partial charge in [0.25, 0.3) is 11.6 Å². The van der Waals surface area contributed by atoms with Crippen molar-refractivity contribution in [1.29, 1.82) is 0 Å². The summed E-state index contributed by atoms with van der Waals surface area (Å²) in [6, 6.07) is 0. The van der Waals surface area contributed by atoms with Crippen molar-refractivity contribution >= 4 is 26.9 Å². The summed E-state index contributed by atoms with van der Waals surface area (Å²) in [5, 5.41) is 0. The van der Waals surface area contributed by atoms with Gasteiger partial charge in [0, 0.05) is 0 Å². The van der Waals surface area contributed by atoms with Gasteiger partial charge >= 0.3 is 12.4 Å². The van der Waals surface area contributed by atoms with Gasteiger partial charge in [-0.25, -0.2) is 0 Å². The van der Waals surface area contributed by atoms with E-state index in [-0.39, 0.29) is 0 Å². The molecule has 0 atom stereocenters. The van der Waals surface area contributed by atoms with E-state index in [2.05, 4.69) is 0 Å². The van der Waals surface area contributed by atoms with Gasteiger partial charge in [0.2, 0.25) is 0 Å². The molecule has 2 nitrogen and oxygen atoms in total. The van der Waals surface area contributed by atoms with Gasteiger partial charge in [0.05, 0.1) is 0 Å². The van der Waals surface area contributed by atoms with Crippen molar-refractivity contribution in [1.82, 2.24) is 0 Å². The Kier molecular flexibility index (Phi) is 4.31. The van der Waals surface area contributed by atoms with Gasteiger partial charge in [-0.2, -0.15) is 36.8 Å². The van der Waals surface area contributed by atoms with Crippen LogP contribution in [0.25, 0.3) is 0 Å². The van der Waals surface area contributed by atoms with Crippen LogP contribution >= 0.6 is 10.5 Å². The average molecular weight is 268 g/mol. The summed E-state index contributed by atoms with van der Waals surface area (Å²) in [6.07, 6.45) is -9.09. The summed E-state index contributed by atoms with van der Waals surface area (Å²) < 4.78 is 71.5. The molecule has 0 aromatic carbocycles. The molecule has 16 heavy (non-hydrogen) atoms. The normalized spacial score (nSPS) is 12.8. The number of halogens is 6. The third-order valence-corrected chi connectivity index (χ3v) is 2.52. The predicted molar refractivity (Wildman–Crippen MR) is 46.6 cm³/mol. The summed E-state index contributed by atoms with van der Waals surface area (Å²) in [6.45, 7) is 0. The van der Waals surface area contributed by atoms with E-state index in [1.54, 1.807) is 0 Å². The van der Waals surface area contributed by atoms with Crippen LogP contribution in [0.5, 0.6) is 0 Å². The number of rotatable bonds is 2. The second-order valence-corrected chi connectivity index (χ2v) is 4.84. The monoisotopic (exact) mass is 268 g/mol. The maximum absolute atomic E-state index is 11.9. The third kappa shape index (κ3) is 3.62. The van der Waals surface area contributed by atoms with Crippen molar-refractivity contribution in [2.45, 2.75) is 12.4 Å². The van der Waals surface area contributed by atoms with Gasteiger partial charge in [-0.1, -0.05) is 0 Å². The number of hydrogen-bond donors (Lipinski definition) is 0. The fourth-order valence-corrected chi connectivity index (χ4v) is 1.70. The molecular formula is C7H6F6O2S. The van der Waals surface area contributed by atoms with Crippen molar-refractivity contribution in [2.24, 2.45) is 0 Å². The lowest BCUT2D eigenvalue weighted by Crippen LogP contribution is -2.41. The first-order valence-electron chi connectivity index (χ1n) is 3.56. The van der Waals surface area contributed by atoms with E-state index in [1.165, 1.54) is 0 Å². The Bertz CT molecular complexity index is 319. The Morgan fingerprint density at radius 1 is 0.812 bits per heavy atom. The van der Waals surface area contributed by atoms with Gasteiger partial charge in [0.1, 0.15) is 4.86 Å². The van der Waals surface area contributed by atoms with E-state index >= 15 is 0 Å². The summed E-state index contributed by atoms with van der Waals surface area (Å²) in [5.74, 6) is -5.47. The number of alkyl halides is 6. The molecule has 0 aliphatic heterocycles. The first-order valence-corrected chi connectivity index (χ1v) is 5.60. The standard InChI is InChI=1S/C7H6F6O2S/c1-16(2)3(4(14)6(8,9)10)5(15)7(11,12)13/h1-2H3. The molecule has 0 aromatic rings. The minimum absolute atomic E-state index is 0.933. The molecule has 0 rings (SSSR count). The Morgan fingerprint density at radius 3 is 1.19 bits per heavy atom. The predicted octanol–water partition coefficient (Wildman–Crippen LogP) is 1.95. The van der Waals surface area contributed by atoms with E-state index in [0.717, 1.165) is 12.5 Å². The van der Waals surface area contributed by atoms with E-state index < -0.39 is 39.3 Å². The van der Waals surface area contributed by atoms with Gasteiger partial charge in [-0.3, -0.25) is 9.59 Å². The molecular weight excluding hydrogens is 262 g/mol. The quantitative estimate of drug-likeness (QED) is 0.436. The number of ketones is 2. The van der Waals surface area contributed by atoms with Crippen LogP contribution < -0.4 is 0 Å². The van der Waals surface area contributed by atoms with Crippen LogP contribution in [-0.4, -0.2) is 41.3 Å². The lowest BCUT2D eigenvalue weighted by atomic mass is 10.2. The highest BCUT2D eigenvalue weighted by Gasteiger charge is 2.50. The SMILES string of the molecule is CS(C)=C(C(=O)C(F)(F)F)C(=O)C(F)(F)F. The number of Topliss-reactive ketones (excluding diaryl/α,β-unsaturated/α-hetero) is 2. The van der Waals surface area contributed by atoms with Crippen LogP contribution in [0, 0.1) is 0 Å². The fraction of sp³-hybridized carbons (Fsp3) is 0.571. The zero-order valence-electron chi connectivity index (χ0n) is 7.99. The molecule has 9 heteroatoms. The van der Waals surface area contributed by atoms with Crippen LogP contribution in [-0.2, 0) is 9.59 Å². The zero-order chi connectivity index (χ0) is 13.3. The lowest BCUT2D eigenvalue weighted by molar-refractivity contribution is -0.169. The Labute approximate surface area is 88.5 Å². The summed E-state index contributed by atoms with van der Waals surface area (Å²) in [7, 11) is -1.73. The van der Waals surface area contributed by atoms with E-state index in [4.69, 9.17) is 0 Å². The minimum Gasteiger partial charge on any atom is -0.283 e. The van der Waals surface area contributed by atoms with Crippen LogP contribution in [0.4, 0.5) is 26.3 Å². The molecule has 0 heterocycles. The molecule has 0 aliphatic carbocycles. The Balaban J connectivity index is 5.51. The topological polar surface area (TPSA) is 34.1 Å². The summed E-state index contributed by atoms with van der Waals surface area (Å²) in [5.41, 5.74) is 0. The average Bonchev–Trinajstić information content (AvgIpc) is 1.99. The highest BCUT2D eigenvalue weighted by Crippen LogP contribution is 2.25. The van der Waals surface area contributed by atoms with Gasteiger partial charge in [-0.05, 0) is 12.5 Å². The molecule has 0 unspecified atom stereocenters. The van der Waals surface area contributed by atoms with Crippen molar-refractivity contribution < 1.29 is 35.9 Å². The number of carbonyl (C=O) groups is 2. The minimum atomic E-state index is -5.48. The molecule has 0 aliphatic rings. The number of hydrogen-bond acceptors (Lipinski definition) is 2. The van der Waals surface area contributed by atoms with Crippen LogP contribution in [0.2, 0.25) is 0 Å². The van der Waals surface area contributed by atoms with Crippen LogP contribution in [0.3, 0.4) is 0 Å². The van der Waals surface area contributed by atoms with Crippen molar-refractivity contribution in [2.75, 3.05) is 12.5 Å². The molecule has 0 aromatic heterocycles. The van der Waals surface area contributed by atoms with Gasteiger partial charge < -0.3 is 0 Å². The van der Waals surface area contributed by atoms with Gasteiger partial charge in [0.15, 0.2) is 0 Å². The lowest BCUT2D eigenvalue weighted by Gasteiger charge is -2.12. The highest BCUT2D eigenvalue weighted by molar-refractivity contribution is 8.16. The van der Waals surface area contributed by atoms with Crippen molar-refractivity contribution in [3.63, 3.8) is 0 Å². The van der Waals surface area contributed by atoms with Crippen LogP contribution in [0.1, 0.15) is 0 Å². The smallest absolute Gasteiger partial charge is 0.283 e. The molecule has 0 saturated heterocycles. The molecule has 0 bridgehead atoms. The molecule has 0 amide bonds. The number of carbonyl (C=O) groups excluding carboxylic acids is 2. The second-order valence-electron chi connectivity index (χ2n) is 2.80. The Morgan fingerprint density at radius 2 is 1.06 bits per heavy atom. The third-order valence-electron chi connectivity index (χ3n) is 1.34. The summed E-state index contributed by atoms with van der Waals surface area (Å²) in [4.78, 5) is 19.5. The van der Waals surface area contributed by atoms with E-state index in [1.807, 2.05) is 0 Å². The molecule has 0 fully saturated rings. The maximum Gasteiger partial charge on any atom is 0.455 e. The first kappa shape index (κ1) is 15.1. The zero-order valence-corrected chi connectivity index (χ0v) is 8.81. The van der Waals surface area contributed by atoms with Crippen LogP contribution in [0.15, 0.2) is 0 Å². The molecule has 0 saturated carbocycles. The molecule has 0 spiro atoms. The highest BCUT2D eigenvalue weighted by atomic mass is 32.2. The molecule has 94 valence electrons. The fourth-order valence-electron chi connectivity index (χ4n) is 0.731.